The SMILES string of the molecule is CC1=NN(c2cccc(C)c2)C(=O)C1=Cc1c(C)[nH]n(-c2ccc(C)cc2)c1=O. The van der Waals surface area contributed by atoms with Gasteiger partial charge < -0.3 is 0 Å². The molecule has 2 aromatic carbocycles. The Morgan fingerprint density at radius 2 is 1.62 bits per heavy atom. The highest BCUT2D eigenvalue weighted by Crippen LogP contribution is 2.25. The van der Waals surface area contributed by atoms with Crippen LogP contribution in [0.5, 0.6) is 0 Å². The third-order valence-corrected chi connectivity index (χ3v) is 5.01. The van der Waals surface area contributed by atoms with Gasteiger partial charge in [-0.25, -0.2) is 4.68 Å². The fraction of sp³-hybridized carbons (Fsp3) is 0.174. The number of benzene rings is 2. The lowest BCUT2D eigenvalue weighted by Crippen LogP contribution is -2.22. The summed E-state index contributed by atoms with van der Waals surface area (Å²) in [5.41, 5.74) is 5.56. The number of hydrazone groups is 1. The maximum atomic E-state index is 13.0. The van der Waals surface area contributed by atoms with Crippen molar-refractivity contribution >= 4 is 23.4 Å². The molecule has 1 N–H and O–H groups in total. The molecule has 1 aliphatic rings. The summed E-state index contributed by atoms with van der Waals surface area (Å²) >= 11 is 0. The highest BCUT2D eigenvalue weighted by Gasteiger charge is 2.29. The van der Waals surface area contributed by atoms with Gasteiger partial charge in [0, 0.05) is 5.69 Å². The van der Waals surface area contributed by atoms with E-state index in [1.54, 1.807) is 13.0 Å². The molecule has 1 amide bonds. The molecular weight excluding hydrogens is 364 g/mol. The lowest BCUT2D eigenvalue weighted by Gasteiger charge is -2.12. The molecular formula is C23H22N4O2. The van der Waals surface area contributed by atoms with Gasteiger partial charge >= 0.3 is 0 Å². The maximum Gasteiger partial charge on any atom is 0.280 e. The lowest BCUT2D eigenvalue weighted by molar-refractivity contribution is -0.114. The fourth-order valence-corrected chi connectivity index (χ4v) is 3.37. The Morgan fingerprint density at radius 3 is 2.31 bits per heavy atom. The second-order valence-electron chi connectivity index (χ2n) is 7.33. The summed E-state index contributed by atoms with van der Waals surface area (Å²) in [6.07, 6.45) is 1.63. The number of amides is 1. The zero-order chi connectivity index (χ0) is 20.7. The number of carbonyl (C=O) groups excluding carboxylic acids is 1. The van der Waals surface area contributed by atoms with Crippen molar-refractivity contribution in [1.29, 1.82) is 0 Å². The predicted molar refractivity (Wildman–Crippen MR) is 116 cm³/mol. The van der Waals surface area contributed by atoms with Gasteiger partial charge in [-0.3, -0.25) is 14.7 Å². The molecule has 1 aliphatic heterocycles. The molecule has 146 valence electrons. The minimum Gasteiger partial charge on any atom is -0.295 e. The zero-order valence-electron chi connectivity index (χ0n) is 16.9. The van der Waals surface area contributed by atoms with E-state index in [4.69, 9.17) is 0 Å². The normalized spacial score (nSPS) is 15.3. The van der Waals surface area contributed by atoms with Gasteiger partial charge in [0.25, 0.3) is 11.5 Å². The molecule has 6 nitrogen and oxygen atoms in total. The Kier molecular flexibility index (Phi) is 4.54. The van der Waals surface area contributed by atoms with Gasteiger partial charge in [-0.05, 0) is 63.6 Å². The predicted octanol–water partition coefficient (Wildman–Crippen LogP) is 3.90. The first-order valence-corrected chi connectivity index (χ1v) is 9.42. The van der Waals surface area contributed by atoms with E-state index >= 15 is 0 Å². The number of anilines is 1. The molecule has 6 heteroatoms. The van der Waals surface area contributed by atoms with Crippen molar-refractivity contribution in [2.45, 2.75) is 27.7 Å². The number of hydrogen-bond donors (Lipinski definition) is 1. The quantitative estimate of drug-likeness (QED) is 0.694. The Hall–Kier alpha value is -3.67. The maximum absolute atomic E-state index is 13.0. The molecule has 0 unspecified atom stereocenters. The first-order chi connectivity index (χ1) is 13.8. The second-order valence-corrected chi connectivity index (χ2v) is 7.33. The Balaban J connectivity index is 1.73. The van der Waals surface area contributed by atoms with Crippen LogP contribution in [0.25, 0.3) is 11.8 Å². The highest BCUT2D eigenvalue weighted by molar-refractivity contribution is 6.32. The number of carbonyl (C=O) groups is 1. The smallest absolute Gasteiger partial charge is 0.280 e. The summed E-state index contributed by atoms with van der Waals surface area (Å²) in [5.74, 6) is -0.241. The number of rotatable bonds is 3. The third kappa shape index (κ3) is 3.33. The highest BCUT2D eigenvalue weighted by atomic mass is 16.2. The van der Waals surface area contributed by atoms with Crippen molar-refractivity contribution < 1.29 is 4.79 Å². The van der Waals surface area contributed by atoms with Crippen LogP contribution in [0.15, 0.2) is 64.0 Å². The van der Waals surface area contributed by atoms with Crippen LogP contribution >= 0.6 is 0 Å². The summed E-state index contributed by atoms with van der Waals surface area (Å²) in [6.45, 7) is 7.56. The zero-order valence-corrected chi connectivity index (χ0v) is 16.9. The minimum absolute atomic E-state index is 0.201. The Labute approximate surface area is 168 Å². The van der Waals surface area contributed by atoms with E-state index in [0.29, 0.717) is 28.2 Å². The summed E-state index contributed by atoms with van der Waals surface area (Å²) in [7, 11) is 0. The van der Waals surface area contributed by atoms with Crippen LogP contribution < -0.4 is 10.6 Å². The average Bonchev–Trinajstić information content (AvgIpc) is 3.13. The van der Waals surface area contributed by atoms with Crippen LogP contribution in [-0.2, 0) is 4.79 Å². The van der Waals surface area contributed by atoms with Crippen LogP contribution in [-0.4, -0.2) is 21.4 Å². The second kappa shape index (κ2) is 7.05. The van der Waals surface area contributed by atoms with Crippen molar-refractivity contribution in [3.8, 4) is 5.69 Å². The molecule has 0 saturated carbocycles. The Morgan fingerprint density at radius 1 is 0.897 bits per heavy atom. The Bertz CT molecular complexity index is 1230. The third-order valence-electron chi connectivity index (χ3n) is 5.01. The van der Waals surface area contributed by atoms with Gasteiger partial charge in [0.2, 0.25) is 0 Å². The van der Waals surface area contributed by atoms with Gasteiger partial charge in [0.05, 0.1) is 28.2 Å². The average molecular weight is 386 g/mol. The minimum atomic E-state index is -0.241. The molecule has 2 heterocycles. The van der Waals surface area contributed by atoms with Crippen molar-refractivity contribution in [3.63, 3.8) is 0 Å². The number of nitrogens with one attached hydrogen (secondary N) is 1. The van der Waals surface area contributed by atoms with Crippen LogP contribution in [0.3, 0.4) is 0 Å². The fourth-order valence-electron chi connectivity index (χ4n) is 3.37. The number of nitrogens with zero attached hydrogens (tertiary/aromatic N) is 3. The summed E-state index contributed by atoms with van der Waals surface area (Å²) in [5, 5.41) is 8.89. The lowest BCUT2D eigenvalue weighted by atomic mass is 10.1. The van der Waals surface area contributed by atoms with E-state index in [1.807, 2.05) is 69.3 Å². The van der Waals surface area contributed by atoms with Crippen molar-refractivity contribution in [1.82, 2.24) is 9.78 Å². The molecule has 29 heavy (non-hydrogen) atoms. The molecule has 0 fully saturated rings. The first-order valence-electron chi connectivity index (χ1n) is 9.42. The standard InChI is InChI=1S/C23H22N4O2/c1-14-8-10-18(11-9-14)26-22(28)20(16(3)24-26)13-21-17(4)25-27(23(21)29)19-7-5-6-15(2)12-19/h5-13,24H,1-4H3. The monoisotopic (exact) mass is 386 g/mol. The van der Waals surface area contributed by atoms with E-state index in [-0.39, 0.29) is 11.5 Å². The molecule has 0 saturated heterocycles. The molecule has 0 bridgehead atoms. The molecule has 0 spiro atoms. The molecule has 1 aromatic heterocycles. The number of aromatic amines is 1. The van der Waals surface area contributed by atoms with Gasteiger partial charge in [-0.15, -0.1) is 0 Å². The molecule has 0 radical (unpaired) electrons. The first kappa shape index (κ1) is 18.7. The van der Waals surface area contributed by atoms with Crippen molar-refractivity contribution in [2.24, 2.45) is 5.10 Å². The van der Waals surface area contributed by atoms with Crippen LogP contribution in [0.1, 0.15) is 29.3 Å². The van der Waals surface area contributed by atoms with Crippen LogP contribution in [0, 0.1) is 20.8 Å². The van der Waals surface area contributed by atoms with E-state index in [9.17, 15) is 9.59 Å². The molecule has 4 rings (SSSR count). The van der Waals surface area contributed by atoms with Crippen LogP contribution in [0.4, 0.5) is 5.69 Å². The number of aryl methyl sites for hydroxylation is 3. The number of H-pyrrole nitrogens is 1. The summed E-state index contributed by atoms with van der Waals surface area (Å²) in [6, 6.07) is 15.3. The van der Waals surface area contributed by atoms with Crippen LogP contribution in [0.2, 0.25) is 0 Å². The number of aromatic nitrogens is 2. The van der Waals surface area contributed by atoms with E-state index in [1.165, 1.54) is 9.69 Å². The van der Waals surface area contributed by atoms with E-state index in [2.05, 4.69) is 10.2 Å². The van der Waals surface area contributed by atoms with Gasteiger partial charge in [-0.2, -0.15) is 10.1 Å². The summed E-state index contributed by atoms with van der Waals surface area (Å²) in [4.78, 5) is 26.0. The van der Waals surface area contributed by atoms with Gasteiger partial charge in [0.1, 0.15) is 0 Å². The van der Waals surface area contributed by atoms with Crippen molar-refractivity contribution in [3.05, 3.63) is 86.8 Å². The van der Waals surface area contributed by atoms with Gasteiger partial charge in [0.15, 0.2) is 0 Å². The van der Waals surface area contributed by atoms with E-state index < -0.39 is 0 Å². The van der Waals surface area contributed by atoms with Crippen molar-refractivity contribution in [2.75, 3.05) is 5.01 Å². The molecule has 0 atom stereocenters. The van der Waals surface area contributed by atoms with Gasteiger partial charge in [-0.1, -0.05) is 29.8 Å². The number of hydrogen-bond acceptors (Lipinski definition) is 3. The topological polar surface area (TPSA) is 70.5 Å². The van der Waals surface area contributed by atoms with E-state index in [0.717, 1.165) is 16.8 Å². The largest absolute Gasteiger partial charge is 0.295 e. The summed E-state index contributed by atoms with van der Waals surface area (Å²) < 4.78 is 1.49. The molecule has 0 aliphatic carbocycles. The molecule has 3 aromatic rings.